The lowest BCUT2D eigenvalue weighted by molar-refractivity contribution is 0.101. The molecular weight excluding hydrogens is 278 g/mol. The standard InChI is InChI=1S/C12H11BrF2O/c1-8(16)10-6-9(4-2-3-5-13)11(14)7-12(10)15/h2,4,6-7H,3,5H2,1H3. The molecule has 16 heavy (non-hydrogen) atoms. The van der Waals surface area contributed by atoms with Crippen LogP contribution in [0.25, 0.3) is 6.08 Å². The first-order valence-electron chi connectivity index (χ1n) is 4.78. The first kappa shape index (κ1) is 13.0. The monoisotopic (exact) mass is 288 g/mol. The van der Waals surface area contributed by atoms with E-state index in [-0.39, 0.29) is 11.1 Å². The lowest BCUT2D eigenvalue weighted by Crippen LogP contribution is -1.99. The fourth-order valence-electron chi connectivity index (χ4n) is 1.24. The van der Waals surface area contributed by atoms with Crippen molar-refractivity contribution in [2.45, 2.75) is 13.3 Å². The SMILES string of the molecule is CC(=O)c1cc(C=CCCBr)c(F)cc1F. The van der Waals surface area contributed by atoms with Crippen molar-refractivity contribution in [3.63, 3.8) is 0 Å². The Morgan fingerprint density at radius 2 is 2.06 bits per heavy atom. The number of carbonyl (C=O) groups excluding carboxylic acids is 1. The third kappa shape index (κ3) is 3.23. The van der Waals surface area contributed by atoms with Crippen molar-refractivity contribution >= 4 is 27.8 Å². The molecule has 0 unspecified atom stereocenters. The maximum Gasteiger partial charge on any atom is 0.162 e. The Morgan fingerprint density at radius 3 is 2.62 bits per heavy atom. The summed E-state index contributed by atoms with van der Waals surface area (Å²) in [7, 11) is 0. The van der Waals surface area contributed by atoms with Crippen LogP contribution in [-0.4, -0.2) is 11.1 Å². The van der Waals surface area contributed by atoms with Gasteiger partial charge in [0.15, 0.2) is 5.78 Å². The highest BCUT2D eigenvalue weighted by Gasteiger charge is 2.11. The predicted octanol–water partition coefficient (Wildman–Crippen LogP) is 3.97. The maximum absolute atomic E-state index is 13.3. The first-order chi connectivity index (χ1) is 7.56. The molecule has 1 rings (SSSR count). The van der Waals surface area contributed by atoms with Crippen LogP contribution in [0.3, 0.4) is 0 Å². The highest BCUT2D eigenvalue weighted by molar-refractivity contribution is 9.09. The van der Waals surface area contributed by atoms with Crippen LogP contribution in [0.1, 0.15) is 29.3 Å². The molecule has 86 valence electrons. The Labute approximate surface area is 101 Å². The number of Topliss-reactive ketones (excluding diaryl/α,β-unsaturated/α-hetero) is 1. The van der Waals surface area contributed by atoms with Crippen LogP contribution in [0.15, 0.2) is 18.2 Å². The van der Waals surface area contributed by atoms with Crippen molar-refractivity contribution in [1.82, 2.24) is 0 Å². The molecule has 0 atom stereocenters. The van der Waals surface area contributed by atoms with E-state index >= 15 is 0 Å². The summed E-state index contributed by atoms with van der Waals surface area (Å²) in [4.78, 5) is 11.1. The van der Waals surface area contributed by atoms with Gasteiger partial charge in [-0.2, -0.15) is 0 Å². The molecule has 0 bridgehead atoms. The van der Waals surface area contributed by atoms with E-state index in [1.54, 1.807) is 12.2 Å². The zero-order valence-electron chi connectivity index (χ0n) is 8.77. The molecule has 0 spiro atoms. The molecule has 0 fully saturated rings. The highest BCUT2D eigenvalue weighted by atomic mass is 79.9. The van der Waals surface area contributed by atoms with Crippen LogP contribution >= 0.6 is 15.9 Å². The van der Waals surface area contributed by atoms with Crippen molar-refractivity contribution in [2.75, 3.05) is 5.33 Å². The topological polar surface area (TPSA) is 17.1 Å². The van der Waals surface area contributed by atoms with E-state index in [2.05, 4.69) is 15.9 Å². The van der Waals surface area contributed by atoms with Gasteiger partial charge in [-0.25, -0.2) is 8.78 Å². The molecule has 0 amide bonds. The number of alkyl halides is 1. The second-order valence-electron chi connectivity index (χ2n) is 3.29. The lowest BCUT2D eigenvalue weighted by Gasteiger charge is -2.02. The molecule has 0 heterocycles. The molecule has 0 aliphatic rings. The summed E-state index contributed by atoms with van der Waals surface area (Å²) in [5.41, 5.74) is 0.146. The van der Waals surface area contributed by atoms with Crippen LogP contribution in [0.5, 0.6) is 0 Å². The summed E-state index contributed by atoms with van der Waals surface area (Å²) in [6.07, 6.45) is 4.05. The van der Waals surface area contributed by atoms with Crippen LogP contribution in [-0.2, 0) is 0 Å². The van der Waals surface area contributed by atoms with Crippen molar-refractivity contribution < 1.29 is 13.6 Å². The minimum absolute atomic E-state index is 0.0834. The summed E-state index contributed by atoms with van der Waals surface area (Å²) < 4.78 is 26.5. The number of hydrogen-bond acceptors (Lipinski definition) is 1. The van der Waals surface area contributed by atoms with Gasteiger partial charge in [-0.05, 0) is 19.4 Å². The molecule has 1 aromatic carbocycles. The Hall–Kier alpha value is -1.03. The van der Waals surface area contributed by atoms with Gasteiger partial charge in [0.1, 0.15) is 11.6 Å². The van der Waals surface area contributed by atoms with Crippen molar-refractivity contribution in [1.29, 1.82) is 0 Å². The fourth-order valence-corrected chi connectivity index (χ4v) is 1.50. The molecule has 0 radical (unpaired) electrons. The second-order valence-corrected chi connectivity index (χ2v) is 4.08. The van der Waals surface area contributed by atoms with E-state index in [0.29, 0.717) is 0 Å². The number of rotatable bonds is 4. The summed E-state index contributed by atoms with van der Waals surface area (Å²) in [5, 5.41) is 0.770. The molecule has 0 N–H and O–H groups in total. The van der Waals surface area contributed by atoms with E-state index in [9.17, 15) is 13.6 Å². The predicted molar refractivity (Wildman–Crippen MR) is 63.8 cm³/mol. The van der Waals surface area contributed by atoms with Crippen LogP contribution in [0, 0.1) is 11.6 Å². The Morgan fingerprint density at radius 1 is 1.38 bits per heavy atom. The summed E-state index contributed by atoms with van der Waals surface area (Å²) in [6.45, 7) is 1.25. The van der Waals surface area contributed by atoms with Gasteiger partial charge in [0.2, 0.25) is 0 Å². The zero-order valence-corrected chi connectivity index (χ0v) is 10.4. The highest BCUT2D eigenvalue weighted by Crippen LogP contribution is 2.17. The van der Waals surface area contributed by atoms with E-state index in [4.69, 9.17) is 0 Å². The normalized spacial score (nSPS) is 11.0. The molecular formula is C12H11BrF2O. The number of ketones is 1. The van der Waals surface area contributed by atoms with Crippen LogP contribution < -0.4 is 0 Å². The maximum atomic E-state index is 13.3. The van der Waals surface area contributed by atoms with Crippen molar-refractivity contribution in [3.05, 3.63) is 41.0 Å². The molecule has 0 aliphatic heterocycles. The fraction of sp³-hybridized carbons (Fsp3) is 0.250. The minimum atomic E-state index is -0.817. The van der Waals surface area contributed by atoms with E-state index in [1.807, 2.05) is 0 Å². The van der Waals surface area contributed by atoms with E-state index in [1.165, 1.54) is 13.0 Å². The largest absolute Gasteiger partial charge is 0.294 e. The van der Waals surface area contributed by atoms with Gasteiger partial charge in [0, 0.05) is 17.0 Å². The quantitative estimate of drug-likeness (QED) is 0.605. The summed E-state index contributed by atoms with van der Waals surface area (Å²) in [5.74, 6) is -1.89. The Balaban J connectivity index is 3.09. The minimum Gasteiger partial charge on any atom is -0.294 e. The van der Waals surface area contributed by atoms with E-state index in [0.717, 1.165) is 17.8 Å². The molecule has 0 saturated heterocycles. The number of hydrogen-bond donors (Lipinski definition) is 0. The van der Waals surface area contributed by atoms with Gasteiger partial charge in [0.25, 0.3) is 0 Å². The summed E-state index contributed by atoms with van der Waals surface area (Å²) in [6, 6.07) is 1.97. The number of carbonyl (C=O) groups is 1. The molecule has 0 aromatic heterocycles. The average molecular weight is 289 g/mol. The summed E-state index contributed by atoms with van der Waals surface area (Å²) >= 11 is 3.23. The van der Waals surface area contributed by atoms with Crippen molar-refractivity contribution in [2.24, 2.45) is 0 Å². The lowest BCUT2D eigenvalue weighted by atomic mass is 10.1. The zero-order chi connectivity index (χ0) is 12.1. The Kier molecular flexibility index (Phi) is 4.80. The molecule has 1 nitrogen and oxygen atoms in total. The molecule has 4 heteroatoms. The number of allylic oxidation sites excluding steroid dienone is 1. The smallest absolute Gasteiger partial charge is 0.162 e. The first-order valence-corrected chi connectivity index (χ1v) is 5.91. The van der Waals surface area contributed by atoms with Gasteiger partial charge >= 0.3 is 0 Å². The van der Waals surface area contributed by atoms with Gasteiger partial charge in [0.05, 0.1) is 5.56 Å². The van der Waals surface area contributed by atoms with Crippen molar-refractivity contribution in [3.8, 4) is 0 Å². The van der Waals surface area contributed by atoms with Gasteiger partial charge in [-0.15, -0.1) is 0 Å². The molecule has 1 aromatic rings. The van der Waals surface area contributed by atoms with Crippen LogP contribution in [0.4, 0.5) is 8.78 Å². The third-order valence-corrected chi connectivity index (χ3v) is 2.50. The Bertz CT molecular complexity index is 427. The van der Waals surface area contributed by atoms with E-state index < -0.39 is 17.4 Å². The molecule has 0 aliphatic carbocycles. The van der Waals surface area contributed by atoms with Gasteiger partial charge < -0.3 is 0 Å². The van der Waals surface area contributed by atoms with Crippen LogP contribution in [0.2, 0.25) is 0 Å². The average Bonchev–Trinajstić information content (AvgIpc) is 2.21. The third-order valence-electron chi connectivity index (χ3n) is 2.04. The van der Waals surface area contributed by atoms with Gasteiger partial charge in [-0.1, -0.05) is 28.1 Å². The molecule has 0 saturated carbocycles. The number of benzene rings is 1. The number of halogens is 3. The second kappa shape index (κ2) is 5.89. The van der Waals surface area contributed by atoms with Gasteiger partial charge in [-0.3, -0.25) is 4.79 Å².